The van der Waals surface area contributed by atoms with Crippen molar-refractivity contribution in [3.05, 3.63) is 10.0 Å². The minimum absolute atomic E-state index is 0.523. The summed E-state index contributed by atoms with van der Waals surface area (Å²) in [6.07, 6.45) is 2.72. The molecule has 1 saturated carbocycles. The Morgan fingerprint density at radius 2 is 2.33 bits per heavy atom. The maximum Gasteiger partial charge on any atom is 0.131 e. The maximum absolute atomic E-state index is 5.46. The second-order valence-electron chi connectivity index (χ2n) is 3.36. The van der Waals surface area contributed by atoms with Gasteiger partial charge in [0.25, 0.3) is 0 Å². The lowest BCUT2D eigenvalue weighted by atomic mass is 10.1. The van der Waals surface area contributed by atoms with Gasteiger partial charge in [0.15, 0.2) is 0 Å². The van der Waals surface area contributed by atoms with Crippen LogP contribution in [0.25, 0.3) is 0 Å². The Hall–Kier alpha value is -0.480. The maximum atomic E-state index is 5.46. The fourth-order valence-electron chi connectivity index (χ4n) is 1.33. The van der Waals surface area contributed by atoms with Gasteiger partial charge in [-0.2, -0.15) is 0 Å². The van der Waals surface area contributed by atoms with Crippen molar-refractivity contribution < 1.29 is 0 Å². The van der Waals surface area contributed by atoms with Gasteiger partial charge >= 0.3 is 0 Å². The van der Waals surface area contributed by atoms with Crippen molar-refractivity contribution in [2.45, 2.75) is 32.2 Å². The predicted molar refractivity (Wildman–Crippen MR) is 48.9 cm³/mol. The molecule has 66 valence electrons. The summed E-state index contributed by atoms with van der Waals surface area (Å²) in [6, 6.07) is 0. The minimum atomic E-state index is 0.523. The summed E-state index contributed by atoms with van der Waals surface area (Å²) in [5, 5.41) is 10.3. The van der Waals surface area contributed by atoms with Gasteiger partial charge in [-0.1, -0.05) is 18.3 Å². The zero-order valence-corrected chi connectivity index (χ0v) is 7.97. The molecule has 1 aromatic rings. The molecule has 3 nitrogen and oxygen atoms in total. The van der Waals surface area contributed by atoms with Crippen molar-refractivity contribution in [1.29, 1.82) is 0 Å². The first-order valence-electron chi connectivity index (χ1n) is 4.33. The molecule has 1 heterocycles. The summed E-state index contributed by atoms with van der Waals surface area (Å²) in [5.74, 6) is 1.46. The highest BCUT2D eigenvalue weighted by molar-refractivity contribution is 7.11. The van der Waals surface area contributed by atoms with Gasteiger partial charge in [0.1, 0.15) is 10.0 Å². The van der Waals surface area contributed by atoms with Crippen LogP contribution in [0.4, 0.5) is 0 Å². The fraction of sp³-hybridized carbons (Fsp3) is 0.750. The number of rotatable bonds is 3. The third-order valence-electron chi connectivity index (χ3n) is 2.38. The normalized spacial score (nSPS) is 19.5. The molecule has 1 atom stereocenters. The summed E-state index contributed by atoms with van der Waals surface area (Å²) < 4.78 is 0. The Kier molecular flexibility index (Phi) is 2.11. The molecule has 0 spiro atoms. The number of hydrogen-bond donors (Lipinski definition) is 1. The standard InChI is InChI=1S/C8H13N3S/c1-5(6-2-3-6)8-11-10-7(4-9)12-8/h5-6H,2-4,9H2,1H3. The van der Waals surface area contributed by atoms with Crippen LogP contribution >= 0.6 is 11.3 Å². The number of hydrogen-bond acceptors (Lipinski definition) is 4. The summed E-state index contributed by atoms with van der Waals surface area (Å²) in [4.78, 5) is 0. The van der Waals surface area contributed by atoms with E-state index in [1.165, 1.54) is 12.8 Å². The van der Waals surface area contributed by atoms with Crippen molar-refractivity contribution in [3.63, 3.8) is 0 Å². The van der Waals surface area contributed by atoms with Crippen LogP contribution in [0.1, 0.15) is 35.7 Å². The number of aromatic nitrogens is 2. The first-order valence-corrected chi connectivity index (χ1v) is 5.15. The van der Waals surface area contributed by atoms with E-state index in [1.54, 1.807) is 11.3 Å². The molecule has 1 fully saturated rings. The van der Waals surface area contributed by atoms with Gasteiger partial charge in [0.2, 0.25) is 0 Å². The quantitative estimate of drug-likeness (QED) is 0.772. The first-order chi connectivity index (χ1) is 5.81. The SMILES string of the molecule is CC(c1nnc(CN)s1)C1CC1. The van der Waals surface area contributed by atoms with Crippen LogP contribution in [0.2, 0.25) is 0 Å². The third-order valence-corrected chi connectivity index (χ3v) is 3.52. The minimum Gasteiger partial charge on any atom is -0.324 e. The van der Waals surface area contributed by atoms with Gasteiger partial charge in [-0.25, -0.2) is 0 Å². The van der Waals surface area contributed by atoms with Gasteiger partial charge < -0.3 is 5.73 Å². The second-order valence-corrected chi connectivity index (χ2v) is 4.46. The largest absolute Gasteiger partial charge is 0.324 e. The Labute approximate surface area is 76.0 Å². The molecule has 1 unspecified atom stereocenters. The average molecular weight is 183 g/mol. The first kappa shape index (κ1) is 8.13. The van der Waals surface area contributed by atoms with Crippen molar-refractivity contribution in [2.24, 2.45) is 11.7 Å². The molecule has 0 bridgehead atoms. The van der Waals surface area contributed by atoms with Gasteiger partial charge in [-0.05, 0) is 18.8 Å². The van der Waals surface area contributed by atoms with Crippen LogP contribution in [0, 0.1) is 5.92 Å². The summed E-state index contributed by atoms with van der Waals surface area (Å²) in [7, 11) is 0. The molecule has 1 aromatic heterocycles. The molecule has 4 heteroatoms. The van der Waals surface area contributed by atoms with Crippen molar-refractivity contribution in [1.82, 2.24) is 10.2 Å². The molecule has 2 rings (SSSR count). The molecule has 1 aliphatic rings. The highest BCUT2D eigenvalue weighted by Crippen LogP contribution is 2.42. The lowest BCUT2D eigenvalue weighted by molar-refractivity contribution is 0.650. The Morgan fingerprint density at radius 3 is 2.83 bits per heavy atom. The van der Waals surface area contributed by atoms with Crippen LogP contribution < -0.4 is 5.73 Å². The van der Waals surface area contributed by atoms with Crippen LogP contribution in [-0.2, 0) is 6.54 Å². The van der Waals surface area contributed by atoms with E-state index in [4.69, 9.17) is 5.73 Å². The van der Waals surface area contributed by atoms with Crippen LogP contribution in [0.15, 0.2) is 0 Å². The summed E-state index contributed by atoms with van der Waals surface area (Å²) >= 11 is 1.66. The third kappa shape index (κ3) is 1.49. The smallest absolute Gasteiger partial charge is 0.131 e. The van der Waals surface area contributed by atoms with Crippen molar-refractivity contribution in [3.8, 4) is 0 Å². The molecule has 0 aromatic carbocycles. The van der Waals surface area contributed by atoms with Crippen LogP contribution in [-0.4, -0.2) is 10.2 Å². The monoisotopic (exact) mass is 183 g/mol. The molecular formula is C8H13N3S. The Morgan fingerprint density at radius 1 is 1.58 bits per heavy atom. The Balaban J connectivity index is 2.10. The van der Waals surface area contributed by atoms with E-state index in [1.807, 2.05) is 0 Å². The predicted octanol–water partition coefficient (Wildman–Crippen LogP) is 1.51. The van der Waals surface area contributed by atoms with Gasteiger partial charge in [0, 0.05) is 12.5 Å². The zero-order chi connectivity index (χ0) is 8.55. The van der Waals surface area contributed by atoms with E-state index < -0.39 is 0 Å². The van der Waals surface area contributed by atoms with E-state index in [9.17, 15) is 0 Å². The lowest BCUT2D eigenvalue weighted by Gasteiger charge is -2.02. The van der Waals surface area contributed by atoms with E-state index in [0.29, 0.717) is 12.5 Å². The van der Waals surface area contributed by atoms with E-state index in [-0.39, 0.29) is 0 Å². The van der Waals surface area contributed by atoms with E-state index >= 15 is 0 Å². The summed E-state index contributed by atoms with van der Waals surface area (Å²) in [5.41, 5.74) is 5.46. The van der Waals surface area contributed by atoms with Gasteiger partial charge in [0.05, 0.1) is 0 Å². The summed E-state index contributed by atoms with van der Waals surface area (Å²) in [6.45, 7) is 2.76. The highest BCUT2D eigenvalue weighted by Gasteiger charge is 2.30. The van der Waals surface area contributed by atoms with Crippen molar-refractivity contribution >= 4 is 11.3 Å². The molecular weight excluding hydrogens is 170 g/mol. The average Bonchev–Trinajstić information content (AvgIpc) is 2.82. The molecule has 1 aliphatic carbocycles. The molecule has 12 heavy (non-hydrogen) atoms. The zero-order valence-electron chi connectivity index (χ0n) is 7.16. The van der Waals surface area contributed by atoms with Crippen LogP contribution in [0.5, 0.6) is 0 Å². The topological polar surface area (TPSA) is 51.8 Å². The lowest BCUT2D eigenvalue weighted by Crippen LogP contribution is -1.94. The molecule has 0 saturated heterocycles. The molecule has 0 radical (unpaired) electrons. The second kappa shape index (κ2) is 3.11. The Bertz CT molecular complexity index is 267. The van der Waals surface area contributed by atoms with E-state index in [2.05, 4.69) is 17.1 Å². The highest BCUT2D eigenvalue weighted by atomic mass is 32.1. The van der Waals surface area contributed by atoms with Crippen LogP contribution in [0.3, 0.4) is 0 Å². The van der Waals surface area contributed by atoms with E-state index in [0.717, 1.165) is 15.9 Å². The van der Waals surface area contributed by atoms with Gasteiger partial charge in [-0.15, -0.1) is 10.2 Å². The molecule has 0 aliphatic heterocycles. The number of nitrogens with zero attached hydrogens (tertiary/aromatic N) is 2. The fourth-order valence-corrected chi connectivity index (χ4v) is 2.20. The number of nitrogens with two attached hydrogens (primary N) is 1. The molecule has 2 N–H and O–H groups in total. The van der Waals surface area contributed by atoms with Crippen molar-refractivity contribution in [2.75, 3.05) is 0 Å². The molecule has 0 amide bonds. The van der Waals surface area contributed by atoms with Gasteiger partial charge in [-0.3, -0.25) is 0 Å².